The second kappa shape index (κ2) is 5.81. The van der Waals surface area contributed by atoms with E-state index in [1.807, 2.05) is 0 Å². The van der Waals surface area contributed by atoms with Crippen LogP contribution in [-0.2, 0) is 4.79 Å². The largest absolute Gasteiger partial charge is 0.497 e. The molecule has 1 aromatic carbocycles. The molecule has 0 spiro atoms. The van der Waals surface area contributed by atoms with Crippen LogP contribution < -0.4 is 14.8 Å². The van der Waals surface area contributed by atoms with Crippen LogP contribution in [-0.4, -0.2) is 36.2 Å². The van der Waals surface area contributed by atoms with Crippen LogP contribution in [0.25, 0.3) is 0 Å². The van der Waals surface area contributed by atoms with E-state index in [9.17, 15) is 9.59 Å². The van der Waals surface area contributed by atoms with E-state index in [0.717, 1.165) is 12.8 Å². The van der Waals surface area contributed by atoms with Gasteiger partial charge in [0.2, 0.25) is 0 Å². The van der Waals surface area contributed by atoms with Crippen LogP contribution in [0.4, 0.5) is 0 Å². The fourth-order valence-electron chi connectivity index (χ4n) is 1.70. The first-order chi connectivity index (χ1) is 9.51. The Hall–Kier alpha value is -2.24. The van der Waals surface area contributed by atoms with Gasteiger partial charge in [-0.3, -0.25) is 4.79 Å². The van der Waals surface area contributed by atoms with Crippen molar-refractivity contribution in [3.63, 3.8) is 0 Å². The van der Waals surface area contributed by atoms with E-state index in [1.165, 1.54) is 19.2 Å². The number of benzene rings is 1. The normalized spacial score (nSPS) is 15.3. The zero-order chi connectivity index (χ0) is 14.7. The van der Waals surface area contributed by atoms with Gasteiger partial charge in [-0.05, 0) is 38.0 Å². The highest BCUT2D eigenvalue weighted by molar-refractivity contribution is 5.91. The van der Waals surface area contributed by atoms with Gasteiger partial charge in [-0.15, -0.1) is 0 Å². The van der Waals surface area contributed by atoms with E-state index in [4.69, 9.17) is 14.6 Å². The van der Waals surface area contributed by atoms with E-state index in [1.54, 1.807) is 13.0 Å². The SMILES string of the molecule is COc1ccc(OC(C)C(=O)NC2CC2)c(C(=O)O)c1. The van der Waals surface area contributed by atoms with Crippen molar-refractivity contribution in [2.75, 3.05) is 7.11 Å². The number of rotatable bonds is 6. The van der Waals surface area contributed by atoms with E-state index < -0.39 is 12.1 Å². The lowest BCUT2D eigenvalue weighted by Gasteiger charge is -2.16. The third kappa shape index (κ3) is 3.40. The van der Waals surface area contributed by atoms with Gasteiger partial charge in [-0.1, -0.05) is 0 Å². The summed E-state index contributed by atoms with van der Waals surface area (Å²) in [4.78, 5) is 23.0. The van der Waals surface area contributed by atoms with Gasteiger partial charge >= 0.3 is 5.97 Å². The summed E-state index contributed by atoms with van der Waals surface area (Å²) in [6.07, 6.45) is 1.23. The Kier molecular flexibility index (Phi) is 4.12. The summed E-state index contributed by atoms with van der Waals surface area (Å²) in [5.41, 5.74) is -0.0320. The number of aromatic carboxylic acids is 1. The maximum Gasteiger partial charge on any atom is 0.339 e. The van der Waals surface area contributed by atoms with Gasteiger partial charge in [0.15, 0.2) is 6.10 Å². The molecule has 0 heterocycles. The highest BCUT2D eigenvalue weighted by Gasteiger charge is 2.27. The number of carbonyl (C=O) groups is 2. The summed E-state index contributed by atoms with van der Waals surface area (Å²) < 4.78 is 10.4. The molecule has 2 N–H and O–H groups in total. The lowest BCUT2D eigenvalue weighted by molar-refractivity contribution is -0.127. The molecule has 2 rings (SSSR count). The summed E-state index contributed by atoms with van der Waals surface area (Å²) in [6.45, 7) is 1.59. The molecule has 1 aromatic rings. The minimum Gasteiger partial charge on any atom is -0.497 e. The molecule has 1 atom stereocenters. The van der Waals surface area contributed by atoms with E-state index >= 15 is 0 Å². The molecule has 0 aromatic heterocycles. The molecule has 20 heavy (non-hydrogen) atoms. The lowest BCUT2D eigenvalue weighted by Crippen LogP contribution is -2.37. The Balaban J connectivity index is 2.10. The van der Waals surface area contributed by atoms with Gasteiger partial charge < -0.3 is 19.9 Å². The second-order valence-electron chi connectivity index (χ2n) is 4.71. The molecular weight excluding hydrogens is 262 g/mol. The van der Waals surface area contributed by atoms with E-state index in [0.29, 0.717) is 5.75 Å². The third-order valence-corrected chi connectivity index (χ3v) is 3.01. The molecule has 1 aliphatic rings. The van der Waals surface area contributed by atoms with Crippen molar-refractivity contribution in [2.45, 2.75) is 31.9 Å². The van der Waals surface area contributed by atoms with Crippen LogP contribution in [0.2, 0.25) is 0 Å². The number of carbonyl (C=O) groups excluding carboxylic acids is 1. The molecule has 108 valence electrons. The monoisotopic (exact) mass is 279 g/mol. The summed E-state index contributed by atoms with van der Waals surface area (Å²) in [5.74, 6) is -0.796. The molecule has 0 aliphatic heterocycles. The van der Waals surface area contributed by atoms with Gasteiger partial charge in [0, 0.05) is 6.04 Å². The highest BCUT2D eigenvalue weighted by atomic mass is 16.5. The van der Waals surface area contributed by atoms with Crippen molar-refractivity contribution >= 4 is 11.9 Å². The second-order valence-corrected chi connectivity index (χ2v) is 4.71. The number of hydrogen-bond donors (Lipinski definition) is 2. The minimum atomic E-state index is -1.13. The maximum atomic E-state index is 11.8. The van der Waals surface area contributed by atoms with Crippen LogP contribution in [0, 0.1) is 0 Å². The molecule has 1 aliphatic carbocycles. The average molecular weight is 279 g/mol. The number of amides is 1. The first-order valence-electron chi connectivity index (χ1n) is 6.39. The maximum absolute atomic E-state index is 11.8. The first kappa shape index (κ1) is 14.2. The summed E-state index contributed by atoms with van der Waals surface area (Å²) in [5, 5.41) is 12.0. The van der Waals surface area contributed by atoms with Gasteiger partial charge in [0.25, 0.3) is 5.91 Å². The number of hydrogen-bond acceptors (Lipinski definition) is 4. The first-order valence-corrected chi connectivity index (χ1v) is 6.39. The predicted octanol–water partition coefficient (Wildman–Crippen LogP) is 1.44. The predicted molar refractivity (Wildman–Crippen MR) is 71.2 cm³/mol. The average Bonchev–Trinajstić information content (AvgIpc) is 3.22. The Bertz CT molecular complexity index is 524. The number of ether oxygens (including phenoxy) is 2. The van der Waals surface area contributed by atoms with E-state index in [2.05, 4.69) is 5.32 Å². The highest BCUT2D eigenvalue weighted by Crippen LogP contribution is 2.25. The van der Waals surface area contributed by atoms with Crippen molar-refractivity contribution in [3.8, 4) is 11.5 Å². The van der Waals surface area contributed by atoms with Crippen molar-refractivity contribution < 1.29 is 24.2 Å². The molecule has 0 saturated heterocycles. The molecule has 6 nitrogen and oxygen atoms in total. The molecule has 6 heteroatoms. The Morgan fingerprint density at radius 2 is 2.10 bits per heavy atom. The molecule has 0 radical (unpaired) electrons. The van der Waals surface area contributed by atoms with Gasteiger partial charge in [0.1, 0.15) is 17.1 Å². The zero-order valence-corrected chi connectivity index (χ0v) is 11.4. The minimum absolute atomic E-state index is 0.0320. The van der Waals surface area contributed by atoms with Crippen molar-refractivity contribution in [1.29, 1.82) is 0 Å². The van der Waals surface area contributed by atoms with E-state index in [-0.39, 0.29) is 23.3 Å². The van der Waals surface area contributed by atoms with Crippen LogP contribution in [0.5, 0.6) is 11.5 Å². The van der Waals surface area contributed by atoms with Gasteiger partial charge in [-0.25, -0.2) is 4.79 Å². The van der Waals surface area contributed by atoms with Gasteiger partial charge in [0.05, 0.1) is 7.11 Å². The van der Waals surface area contributed by atoms with Gasteiger partial charge in [-0.2, -0.15) is 0 Å². The molecule has 1 saturated carbocycles. The van der Waals surface area contributed by atoms with Crippen LogP contribution in [0.1, 0.15) is 30.1 Å². The fraction of sp³-hybridized carbons (Fsp3) is 0.429. The van der Waals surface area contributed by atoms with Crippen molar-refractivity contribution in [3.05, 3.63) is 23.8 Å². The topological polar surface area (TPSA) is 84.9 Å². The fourth-order valence-corrected chi connectivity index (χ4v) is 1.70. The summed E-state index contributed by atoms with van der Waals surface area (Å²) in [7, 11) is 1.45. The standard InChI is InChI=1S/C14H17NO5/c1-8(13(16)15-9-3-4-9)20-12-6-5-10(19-2)7-11(12)14(17)18/h5-9H,3-4H2,1-2H3,(H,15,16)(H,17,18). The Labute approximate surface area is 116 Å². The molecule has 1 fully saturated rings. The lowest BCUT2D eigenvalue weighted by atomic mass is 10.2. The number of nitrogens with one attached hydrogen (secondary N) is 1. The van der Waals surface area contributed by atoms with Crippen LogP contribution in [0.15, 0.2) is 18.2 Å². The molecule has 1 amide bonds. The quantitative estimate of drug-likeness (QED) is 0.823. The summed E-state index contributed by atoms with van der Waals surface area (Å²) in [6, 6.07) is 4.68. The number of methoxy groups -OCH3 is 1. The molecule has 0 bridgehead atoms. The Morgan fingerprint density at radius 1 is 1.40 bits per heavy atom. The third-order valence-electron chi connectivity index (χ3n) is 3.01. The summed E-state index contributed by atoms with van der Waals surface area (Å²) >= 11 is 0. The van der Waals surface area contributed by atoms with Crippen LogP contribution >= 0.6 is 0 Å². The van der Waals surface area contributed by atoms with Crippen molar-refractivity contribution in [1.82, 2.24) is 5.32 Å². The Morgan fingerprint density at radius 3 is 2.65 bits per heavy atom. The molecule has 1 unspecified atom stereocenters. The smallest absolute Gasteiger partial charge is 0.339 e. The molecular formula is C14H17NO5. The number of carboxylic acid groups (broad SMARTS) is 1. The number of carboxylic acids is 1. The van der Waals surface area contributed by atoms with Crippen LogP contribution in [0.3, 0.4) is 0 Å². The van der Waals surface area contributed by atoms with Crippen molar-refractivity contribution in [2.24, 2.45) is 0 Å². The zero-order valence-electron chi connectivity index (χ0n) is 11.4.